The highest BCUT2D eigenvalue weighted by Gasteiger charge is 2.34. The molecule has 2 aliphatic rings. The van der Waals surface area contributed by atoms with Gasteiger partial charge in [0.1, 0.15) is 6.10 Å². The third-order valence-corrected chi connectivity index (χ3v) is 5.75. The summed E-state index contributed by atoms with van der Waals surface area (Å²) in [4.78, 5) is 8.47. The number of rotatable bonds is 5. The topological polar surface area (TPSA) is 40.1 Å². The van der Waals surface area contributed by atoms with E-state index in [1.165, 1.54) is 21.6 Å². The first-order valence-electron chi connectivity index (χ1n) is 10.8. The second-order valence-corrected chi connectivity index (χ2v) is 8.37. The Balaban J connectivity index is 1.62. The summed E-state index contributed by atoms with van der Waals surface area (Å²) >= 11 is 0. The average Bonchev–Trinajstić information content (AvgIpc) is 3.10. The fourth-order valence-corrected chi connectivity index (χ4v) is 4.32. The van der Waals surface area contributed by atoms with Crippen molar-refractivity contribution in [3.8, 4) is 0 Å². The van der Waals surface area contributed by atoms with Crippen LogP contribution < -0.4 is 5.32 Å². The van der Waals surface area contributed by atoms with Crippen molar-refractivity contribution in [1.29, 1.82) is 0 Å². The van der Waals surface area contributed by atoms with Crippen molar-refractivity contribution in [2.24, 2.45) is 10.9 Å². The highest BCUT2D eigenvalue weighted by Crippen LogP contribution is 2.26. The zero-order valence-electron chi connectivity index (χ0n) is 18.1. The molecule has 0 saturated carbocycles. The minimum absolute atomic E-state index is 0.0167. The molecule has 5 nitrogen and oxygen atoms in total. The van der Waals surface area contributed by atoms with E-state index >= 15 is 0 Å². The summed E-state index contributed by atoms with van der Waals surface area (Å²) in [5.74, 6) is 0.988. The van der Waals surface area contributed by atoms with Gasteiger partial charge in [0, 0.05) is 26.2 Å². The van der Waals surface area contributed by atoms with Gasteiger partial charge in [0.05, 0.1) is 19.7 Å². The van der Waals surface area contributed by atoms with Crippen LogP contribution in [0.4, 0.5) is 13.2 Å². The summed E-state index contributed by atoms with van der Waals surface area (Å²) in [6.07, 6.45) is -3.39. The smallest absolute Gasteiger partial charge is 0.370 e. The lowest BCUT2D eigenvalue weighted by molar-refractivity contribution is -0.143. The summed E-state index contributed by atoms with van der Waals surface area (Å²) in [5, 5.41) is 3.35. The maximum absolute atomic E-state index is 12.6. The van der Waals surface area contributed by atoms with Gasteiger partial charge < -0.3 is 15.0 Å². The Kier molecular flexibility index (Phi) is 7.63. The first-order valence-corrected chi connectivity index (χ1v) is 10.8. The van der Waals surface area contributed by atoms with Crippen LogP contribution in [0.2, 0.25) is 0 Å². The van der Waals surface area contributed by atoms with E-state index in [-0.39, 0.29) is 12.0 Å². The molecule has 0 radical (unpaired) electrons. The molecule has 0 spiro atoms. The van der Waals surface area contributed by atoms with Crippen molar-refractivity contribution in [3.63, 3.8) is 0 Å². The second-order valence-electron chi connectivity index (χ2n) is 8.37. The van der Waals surface area contributed by atoms with Gasteiger partial charge in [-0.3, -0.25) is 9.89 Å². The van der Waals surface area contributed by atoms with Crippen LogP contribution in [0.1, 0.15) is 36.1 Å². The molecule has 2 aliphatic heterocycles. The number of nitrogens with one attached hydrogen (secondary N) is 1. The summed E-state index contributed by atoms with van der Waals surface area (Å²) in [7, 11) is 0. The van der Waals surface area contributed by atoms with Crippen LogP contribution in [0.5, 0.6) is 0 Å². The molecule has 2 saturated heterocycles. The normalized spacial score (nSPS) is 23.8. The minimum atomic E-state index is -4.13. The molecule has 1 aromatic rings. The number of halogens is 3. The van der Waals surface area contributed by atoms with Crippen LogP contribution in [0.15, 0.2) is 23.2 Å². The molecule has 1 N–H and O–H groups in total. The number of alkyl halides is 3. The van der Waals surface area contributed by atoms with E-state index in [0.29, 0.717) is 32.8 Å². The molecule has 30 heavy (non-hydrogen) atoms. The van der Waals surface area contributed by atoms with E-state index in [1.54, 1.807) is 0 Å². The maximum Gasteiger partial charge on any atom is 0.401 e. The fourth-order valence-electron chi connectivity index (χ4n) is 4.32. The summed E-state index contributed by atoms with van der Waals surface area (Å²) in [5.41, 5.74) is 3.65. The predicted octanol–water partition coefficient (Wildman–Crippen LogP) is 3.53. The monoisotopic (exact) mass is 426 g/mol. The summed E-state index contributed by atoms with van der Waals surface area (Å²) in [6.45, 7) is 9.70. The number of nitrogens with zero attached hydrogens (tertiary/aromatic N) is 3. The Bertz CT molecular complexity index is 738. The van der Waals surface area contributed by atoms with E-state index in [1.807, 2.05) is 6.92 Å². The standard InChI is InChI=1S/C22H33F3N4O/c1-4-26-21(27-12-18-7-8-28(13-18)15-22(23,24)25)29-9-10-30-20(14-29)19-6-5-16(2)11-17(19)3/h5-6,11,18,20H,4,7-10,12-15H2,1-3H3,(H,26,27). The third-order valence-electron chi connectivity index (χ3n) is 5.75. The molecule has 0 amide bonds. The van der Waals surface area contributed by atoms with Gasteiger partial charge in [-0.15, -0.1) is 0 Å². The molecular weight excluding hydrogens is 393 g/mol. The SMILES string of the molecule is CCNC(=NCC1CCN(CC(F)(F)F)C1)N1CCOC(c2ccc(C)cc2C)C1. The molecular formula is C22H33F3N4O. The Morgan fingerprint density at radius 3 is 2.73 bits per heavy atom. The number of benzene rings is 1. The Hall–Kier alpha value is -1.80. The number of guanidine groups is 1. The molecule has 0 bridgehead atoms. The molecule has 8 heteroatoms. The number of aliphatic imine (C=N–C) groups is 1. The number of aryl methyl sites for hydroxylation is 2. The molecule has 2 unspecified atom stereocenters. The minimum Gasteiger partial charge on any atom is -0.370 e. The van der Waals surface area contributed by atoms with E-state index in [2.05, 4.69) is 42.3 Å². The zero-order chi connectivity index (χ0) is 21.7. The molecule has 0 aliphatic carbocycles. The number of ether oxygens (including phenoxy) is 1. The van der Waals surface area contributed by atoms with E-state index in [9.17, 15) is 13.2 Å². The van der Waals surface area contributed by atoms with Crippen LogP contribution >= 0.6 is 0 Å². The Labute approximate surface area is 177 Å². The first kappa shape index (κ1) is 22.9. The van der Waals surface area contributed by atoms with E-state index in [4.69, 9.17) is 9.73 Å². The van der Waals surface area contributed by atoms with Gasteiger partial charge >= 0.3 is 6.18 Å². The van der Waals surface area contributed by atoms with Crippen molar-refractivity contribution in [3.05, 3.63) is 34.9 Å². The highest BCUT2D eigenvalue weighted by atomic mass is 19.4. The van der Waals surface area contributed by atoms with Gasteiger partial charge in [-0.2, -0.15) is 13.2 Å². The summed E-state index contributed by atoms with van der Waals surface area (Å²) < 4.78 is 43.9. The van der Waals surface area contributed by atoms with Crippen LogP contribution in [0.25, 0.3) is 0 Å². The molecule has 1 aromatic carbocycles. The van der Waals surface area contributed by atoms with Crippen molar-refractivity contribution >= 4 is 5.96 Å². The van der Waals surface area contributed by atoms with Gasteiger partial charge in [-0.25, -0.2) is 0 Å². The molecule has 2 atom stereocenters. The quantitative estimate of drug-likeness (QED) is 0.578. The average molecular weight is 427 g/mol. The number of likely N-dealkylation sites (tertiary alicyclic amines) is 1. The van der Waals surface area contributed by atoms with Crippen molar-refractivity contribution in [1.82, 2.24) is 15.1 Å². The van der Waals surface area contributed by atoms with E-state index in [0.717, 1.165) is 25.5 Å². The second kappa shape index (κ2) is 10.0. The first-order chi connectivity index (χ1) is 14.2. The molecule has 3 rings (SSSR count). The van der Waals surface area contributed by atoms with Crippen molar-refractivity contribution < 1.29 is 17.9 Å². The Morgan fingerprint density at radius 2 is 2.03 bits per heavy atom. The number of morpholine rings is 1. The van der Waals surface area contributed by atoms with Crippen LogP contribution in [-0.4, -0.2) is 74.4 Å². The highest BCUT2D eigenvalue weighted by molar-refractivity contribution is 5.80. The van der Waals surface area contributed by atoms with Gasteiger partial charge in [0.2, 0.25) is 0 Å². The predicted molar refractivity (Wildman–Crippen MR) is 113 cm³/mol. The molecule has 0 aromatic heterocycles. The van der Waals surface area contributed by atoms with E-state index < -0.39 is 12.7 Å². The Morgan fingerprint density at radius 1 is 1.23 bits per heavy atom. The molecule has 2 fully saturated rings. The maximum atomic E-state index is 12.6. The van der Waals surface area contributed by atoms with Gasteiger partial charge in [-0.05, 0) is 50.8 Å². The fraction of sp³-hybridized carbons (Fsp3) is 0.682. The zero-order valence-corrected chi connectivity index (χ0v) is 18.1. The van der Waals surface area contributed by atoms with Crippen LogP contribution in [0.3, 0.4) is 0 Å². The number of hydrogen-bond donors (Lipinski definition) is 1. The lowest BCUT2D eigenvalue weighted by Gasteiger charge is -2.36. The number of hydrogen-bond acceptors (Lipinski definition) is 3. The molecule has 2 heterocycles. The lowest BCUT2D eigenvalue weighted by Crippen LogP contribution is -2.48. The summed E-state index contributed by atoms with van der Waals surface area (Å²) in [6, 6.07) is 6.41. The van der Waals surface area contributed by atoms with Crippen LogP contribution in [0, 0.1) is 19.8 Å². The van der Waals surface area contributed by atoms with Gasteiger partial charge in [0.15, 0.2) is 5.96 Å². The van der Waals surface area contributed by atoms with Crippen molar-refractivity contribution in [2.75, 3.05) is 52.4 Å². The van der Waals surface area contributed by atoms with Crippen molar-refractivity contribution in [2.45, 2.75) is 39.5 Å². The molecule has 168 valence electrons. The van der Waals surface area contributed by atoms with Gasteiger partial charge in [-0.1, -0.05) is 23.8 Å². The lowest BCUT2D eigenvalue weighted by atomic mass is 10.00. The van der Waals surface area contributed by atoms with Crippen LogP contribution in [-0.2, 0) is 4.74 Å². The van der Waals surface area contributed by atoms with Gasteiger partial charge in [0.25, 0.3) is 0 Å². The third kappa shape index (κ3) is 6.35. The largest absolute Gasteiger partial charge is 0.401 e.